The van der Waals surface area contributed by atoms with Crippen LogP contribution in [-0.2, 0) is 14.8 Å². The maximum Gasteiger partial charge on any atom is 0.264 e. The van der Waals surface area contributed by atoms with Crippen LogP contribution in [-0.4, -0.2) is 33.7 Å². The fraction of sp³-hybridized carbons (Fsp3) is 0.167. The van der Waals surface area contributed by atoms with Crippen molar-refractivity contribution in [2.45, 2.75) is 18.7 Å². The van der Waals surface area contributed by atoms with E-state index in [4.69, 9.17) is 16.3 Å². The Morgan fingerprint density at radius 2 is 1.73 bits per heavy atom. The first-order valence-corrected chi connectivity index (χ1v) is 11.8. The summed E-state index contributed by atoms with van der Waals surface area (Å²) in [4.78, 5) is 12.7. The fourth-order valence-electron chi connectivity index (χ4n) is 2.99. The van der Waals surface area contributed by atoms with Crippen LogP contribution in [0.1, 0.15) is 18.1 Å². The van der Waals surface area contributed by atoms with E-state index in [1.807, 2.05) is 31.2 Å². The number of methoxy groups -OCH3 is 1. The van der Waals surface area contributed by atoms with Crippen LogP contribution in [0.25, 0.3) is 0 Å². The van der Waals surface area contributed by atoms with E-state index in [9.17, 15) is 13.2 Å². The van der Waals surface area contributed by atoms with Crippen molar-refractivity contribution < 1.29 is 17.9 Å². The lowest BCUT2D eigenvalue weighted by atomic mass is 10.1. The second-order valence-electron chi connectivity index (χ2n) is 7.27. The average Bonchev–Trinajstić information content (AvgIpc) is 2.81. The van der Waals surface area contributed by atoms with Crippen molar-refractivity contribution in [3.63, 3.8) is 0 Å². The van der Waals surface area contributed by atoms with Gasteiger partial charge in [0.15, 0.2) is 0 Å². The Bertz CT molecular complexity index is 1260. The van der Waals surface area contributed by atoms with Crippen molar-refractivity contribution in [2.24, 2.45) is 5.10 Å². The number of carbonyl (C=O) groups excluding carboxylic acids is 1. The zero-order valence-corrected chi connectivity index (χ0v) is 20.0. The Kier molecular flexibility index (Phi) is 7.73. The fourth-order valence-corrected chi connectivity index (χ4v) is 4.59. The van der Waals surface area contributed by atoms with Crippen molar-refractivity contribution in [1.29, 1.82) is 0 Å². The molecule has 0 aliphatic rings. The number of hydrazone groups is 1. The van der Waals surface area contributed by atoms with Gasteiger partial charge < -0.3 is 4.74 Å². The monoisotopic (exact) mass is 485 g/mol. The van der Waals surface area contributed by atoms with E-state index in [2.05, 4.69) is 10.5 Å². The van der Waals surface area contributed by atoms with Gasteiger partial charge in [-0.25, -0.2) is 13.8 Å². The molecule has 0 fully saturated rings. The van der Waals surface area contributed by atoms with Gasteiger partial charge in [-0.2, -0.15) is 5.10 Å². The highest BCUT2D eigenvalue weighted by Crippen LogP contribution is 2.27. The van der Waals surface area contributed by atoms with Crippen molar-refractivity contribution in [3.05, 3.63) is 88.9 Å². The molecule has 1 amide bonds. The molecule has 7 nitrogen and oxygen atoms in total. The third-order valence-corrected chi connectivity index (χ3v) is 6.87. The quantitative estimate of drug-likeness (QED) is 0.378. The van der Waals surface area contributed by atoms with Crippen LogP contribution in [0.3, 0.4) is 0 Å². The van der Waals surface area contributed by atoms with Crippen molar-refractivity contribution in [2.75, 3.05) is 18.0 Å². The van der Waals surface area contributed by atoms with Crippen LogP contribution in [0.5, 0.6) is 5.75 Å². The topological polar surface area (TPSA) is 88.1 Å². The molecule has 3 rings (SSSR count). The Hall–Kier alpha value is -3.36. The number of halogens is 1. The van der Waals surface area contributed by atoms with Crippen LogP contribution in [0.2, 0.25) is 5.02 Å². The Morgan fingerprint density at radius 1 is 1.06 bits per heavy atom. The Morgan fingerprint density at radius 3 is 2.33 bits per heavy atom. The molecule has 9 heteroatoms. The molecule has 172 valence electrons. The van der Waals surface area contributed by atoms with Gasteiger partial charge >= 0.3 is 0 Å². The minimum Gasteiger partial charge on any atom is -0.497 e. The first-order chi connectivity index (χ1) is 15.7. The molecule has 33 heavy (non-hydrogen) atoms. The summed E-state index contributed by atoms with van der Waals surface area (Å²) in [6.07, 6.45) is 0. The maximum atomic E-state index is 13.4. The van der Waals surface area contributed by atoms with Gasteiger partial charge in [-0.15, -0.1) is 0 Å². The zero-order valence-electron chi connectivity index (χ0n) is 18.4. The summed E-state index contributed by atoms with van der Waals surface area (Å²) in [6, 6.07) is 19.9. The number of carbonyl (C=O) groups is 1. The number of hydrogen-bond acceptors (Lipinski definition) is 5. The van der Waals surface area contributed by atoms with Crippen molar-refractivity contribution in [1.82, 2.24) is 5.43 Å². The normalized spacial score (nSPS) is 11.7. The van der Waals surface area contributed by atoms with Gasteiger partial charge in [-0.1, -0.05) is 47.5 Å². The van der Waals surface area contributed by atoms with E-state index >= 15 is 0 Å². The average molecular weight is 486 g/mol. The van der Waals surface area contributed by atoms with Gasteiger partial charge in [0, 0.05) is 5.02 Å². The molecule has 0 heterocycles. The Balaban J connectivity index is 1.87. The lowest BCUT2D eigenvalue weighted by Crippen LogP contribution is -2.39. The molecule has 0 spiro atoms. The number of amides is 1. The van der Waals surface area contributed by atoms with Crippen LogP contribution in [0, 0.1) is 6.92 Å². The summed E-state index contributed by atoms with van der Waals surface area (Å²) in [7, 11) is -2.59. The van der Waals surface area contributed by atoms with E-state index in [1.54, 1.807) is 37.3 Å². The lowest BCUT2D eigenvalue weighted by molar-refractivity contribution is -0.119. The molecule has 0 atom stereocenters. The number of benzene rings is 3. The predicted molar refractivity (Wildman–Crippen MR) is 131 cm³/mol. The van der Waals surface area contributed by atoms with Crippen LogP contribution >= 0.6 is 11.6 Å². The molecule has 0 saturated heterocycles. The first kappa shape index (κ1) is 24.3. The molecule has 0 saturated carbocycles. The van der Waals surface area contributed by atoms with Crippen LogP contribution in [0.4, 0.5) is 5.69 Å². The van der Waals surface area contributed by atoms with E-state index in [1.165, 1.54) is 25.3 Å². The second kappa shape index (κ2) is 10.5. The van der Waals surface area contributed by atoms with Gasteiger partial charge in [-0.05, 0) is 61.9 Å². The largest absolute Gasteiger partial charge is 0.497 e. The number of nitrogens with zero attached hydrogens (tertiary/aromatic N) is 2. The van der Waals surface area contributed by atoms with Crippen LogP contribution in [0.15, 0.2) is 82.8 Å². The highest BCUT2D eigenvalue weighted by molar-refractivity contribution is 7.92. The highest BCUT2D eigenvalue weighted by atomic mass is 35.5. The molecule has 3 aromatic rings. The zero-order chi connectivity index (χ0) is 24.0. The predicted octanol–water partition coefficient (Wildman–Crippen LogP) is 4.39. The summed E-state index contributed by atoms with van der Waals surface area (Å²) in [5.41, 5.74) is 5.25. The van der Waals surface area contributed by atoms with Crippen molar-refractivity contribution >= 4 is 38.9 Å². The lowest BCUT2D eigenvalue weighted by Gasteiger charge is -2.24. The molecular weight excluding hydrogens is 462 g/mol. The number of ether oxygens (including phenoxy) is 1. The number of anilines is 1. The number of nitrogens with one attached hydrogen (secondary N) is 1. The van der Waals surface area contributed by atoms with Gasteiger partial charge in [0.2, 0.25) is 0 Å². The molecule has 1 N–H and O–H groups in total. The number of sulfonamides is 1. The van der Waals surface area contributed by atoms with Gasteiger partial charge in [0.05, 0.1) is 23.4 Å². The number of hydrogen-bond donors (Lipinski definition) is 1. The van der Waals surface area contributed by atoms with Gasteiger partial charge in [0.1, 0.15) is 12.3 Å². The standard InChI is InChI=1S/C24H24ClN3O4S/c1-17-7-9-19(10-8-17)18(2)26-27-24(29)16-28(21-6-4-5-20(25)15-21)33(30,31)23-13-11-22(32-3)12-14-23/h4-15H,16H2,1-3H3,(H,27,29)/b26-18-. The molecule has 0 radical (unpaired) electrons. The SMILES string of the molecule is COc1ccc(S(=O)(=O)N(CC(=O)N/N=C(/C)c2ccc(C)cc2)c2cccc(Cl)c2)cc1. The third-order valence-electron chi connectivity index (χ3n) is 4.85. The minimum absolute atomic E-state index is 0.00964. The van der Waals surface area contributed by atoms with E-state index in [0.717, 1.165) is 15.4 Å². The molecular formula is C24H24ClN3O4S. The number of rotatable bonds is 8. The molecule has 0 aliphatic carbocycles. The third kappa shape index (κ3) is 6.12. The molecule has 0 aliphatic heterocycles. The summed E-state index contributed by atoms with van der Waals surface area (Å²) in [5.74, 6) is -0.0829. The molecule has 0 bridgehead atoms. The van der Waals surface area contributed by atoms with Crippen molar-refractivity contribution in [3.8, 4) is 5.75 Å². The van der Waals surface area contributed by atoms with Gasteiger partial charge in [0.25, 0.3) is 15.9 Å². The van der Waals surface area contributed by atoms with Crippen LogP contribution < -0.4 is 14.5 Å². The molecule has 0 unspecified atom stereocenters. The minimum atomic E-state index is -4.08. The summed E-state index contributed by atoms with van der Waals surface area (Å²) in [6.45, 7) is 3.25. The smallest absolute Gasteiger partial charge is 0.264 e. The van der Waals surface area contributed by atoms with E-state index in [-0.39, 0.29) is 10.6 Å². The summed E-state index contributed by atoms with van der Waals surface area (Å²) < 4.78 is 32.9. The highest BCUT2D eigenvalue weighted by Gasteiger charge is 2.27. The molecule has 3 aromatic carbocycles. The summed E-state index contributed by atoms with van der Waals surface area (Å²) in [5, 5.41) is 4.46. The van der Waals surface area contributed by atoms with Gasteiger partial charge in [-0.3, -0.25) is 9.10 Å². The Labute approximate surface area is 198 Å². The second-order valence-corrected chi connectivity index (χ2v) is 9.56. The maximum absolute atomic E-state index is 13.4. The first-order valence-electron chi connectivity index (χ1n) is 10.0. The number of aryl methyl sites for hydroxylation is 1. The van der Waals surface area contributed by atoms with E-state index < -0.39 is 22.5 Å². The summed E-state index contributed by atoms with van der Waals surface area (Å²) >= 11 is 6.08. The molecule has 0 aromatic heterocycles. The van der Waals surface area contributed by atoms with E-state index in [0.29, 0.717) is 16.5 Å².